The average Bonchev–Trinajstić information content (AvgIpc) is 2.50. The minimum Gasteiger partial charge on any atom is -0.338 e. The number of hydrogen-bond donors (Lipinski definition) is 1. The minimum absolute atomic E-state index is 0.0257. The molecule has 0 bridgehead atoms. The second-order valence-corrected chi connectivity index (χ2v) is 5.20. The highest BCUT2D eigenvalue weighted by Crippen LogP contribution is 2.11. The van der Waals surface area contributed by atoms with E-state index < -0.39 is 11.6 Å². The predicted octanol–water partition coefficient (Wildman–Crippen LogP) is 3.49. The maximum absolute atomic E-state index is 13.6. The van der Waals surface area contributed by atoms with E-state index in [-0.39, 0.29) is 24.0 Å². The molecule has 0 heterocycles. The first-order valence-electron chi connectivity index (χ1n) is 7.13. The van der Waals surface area contributed by atoms with Gasteiger partial charge in [0.15, 0.2) is 0 Å². The Kier molecular flexibility index (Phi) is 5.62. The van der Waals surface area contributed by atoms with Crippen LogP contribution in [0.25, 0.3) is 0 Å². The number of benzene rings is 2. The Morgan fingerprint density at radius 3 is 2.52 bits per heavy atom. The predicted molar refractivity (Wildman–Crippen MR) is 81.3 cm³/mol. The van der Waals surface area contributed by atoms with Crippen molar-refractivity contribution >= 4 is 6.03 Å². The standard InChI is InChI=1S/C17H17F3N2O/c1-22(11-13-5-6-15(19)10-16(13)20)17(23)21-8-7-12-3-2-4-14(18)9-12/h2-6,9-10H,7-8,11H2,1H3,(H,21,23). The molecular formula is C17H17F3N2O. The van der Waals surface area contributed by atoms with Gasteiger partial charge in [0.05, 0.1) is 0 Å². The normalized spacial score (nSPS) is 10.4. The number of carbonyl (C=O) groups is 1. The second-order valence-electron chi connectivity index (χ2n) is 5.20. The van der Waals surface area contributed by atoms with Crippen molar-refractivity contribution in [3.8, 4) is 0 Å². The maximum Gasteiger partial charge on any atom is 0.317 e. The first kappa shape index (κ1) is 16.9. The highest BCUT2D eigenvalue weighted by Gasteiger charge is 2.11. The largest absolute Gasteiger partial charge is 0.338 e. The summed E-state index contributed by atoms with van der Waals surface area (Å²) in [5.41, 5.74) is 1.01. The molecular weight excluding hydrogens is 305 g/mol. The van der Waals surface area contributed by atoms with Crippen molar-refractivity contribution in [2.24, 2.45) is 0 Å². The summed E-state index contributed by atoms with van der Waals surface area (Å²) in [6.45, 7) is 0.358. The van der Waals surface area contributed by atoms with Gasteiger partial charge in [0, 0.05) is 31.8 Å². The molecule has 0 fully saturated rings. The Bertz CT molecular complexity index is 691. The summed E-state index contributed by atoms with van der Waals surface area (Å²) in [5.74, 6) is -1.67. The monoisotopic (exact) mass is 322 g/mol. The second kappa shape index (κ2) is 7.67. The molecule has 3 nitrogen and oxygen atoms in total. The summed E-state index contributed by atoms with van der Waals surface area (Å²) in [7, 11) is 1.51. The Balaban J connectivity index is 1.83. The van der Waals surface area contributed by atoms with Gasteiger partial charge in [-0.05, 0) is 30.2 Å². The van der Waals surface area contributed by atoms with Crippen molar-refractivity contribution < 1.29 is 18.0 Å². The SMILES string of the molecule is CN(Cc1ccc(F)cc1F)C(=O)NCCc1cccc(F)c1. The van der Waals surface area contributed by atoms with E-state index in [1.54, 1.807) is 12.1 Å². The molecule has 0 aromatic heterocycles. The first-order valence-corrected chi connectivity index (χ1v) is 7.13. The Morgan fingerprint density at radius 2 is 1.83 bits per heavy atom. The van der Waals surface area contributed by atoms with Crippen molar-refractivity contribution in [2.45, 2.75) is 13.0 Å². The third kappa shape index (κ3) is 5.02. The number of rotatable bonds is 5. The summed E-state index contributed by atoms with van der Waals surface area (Å²) >= 11 is 0. The number of halogens is 3. The van der Waals surface area contributed by atoms with Crippen LogP contribution in [0, 0.1) is 17.5 Å². The number of nitrogens with zero attached hydrogens (tertiary/aromatic N) is 1. The summed E-state index contributed by atoms with van der Waals surface area (Å²) in [6.07, 6.45) is 0.488. The van der Waals surface area contributed by atoms with E-state index in [2.05, 4.69) is 5.32 Å². The molecule has 0 aliphatic rings. The van der Waals surface area contributed by atoms with E-state index in [4.69, 9.17) is 0 Å². The van der Waals surface area contributed by atoms with Crippen molar-refractivity contribution in [3.05, 3.63) is 71.0 Å². The van der Waals surface area contributed by atoms with Gasteiger partial charge in [-0.25, -0.2) is 18.0 Å². The number of amides is 2. The van der Waals surface area contributed by atoms with E-state index >= 15 is 0 Å². The molecule has 2 aromatic carbocycles. The fraction of sp³-hybridized carbons (Fsp3) is 0.235. The maximum atomic E-state index is 13.6. The third-order valence-electron chi connectivity index (χ3n) is 3.35. The van der Waals surface area contributed by atoms with Crippen molar-refractivity contribution in [1.29, 1.82) is 0 Å². The molecule has 0 spiro atoms. The van der Waals surface area contributed by atoms with Crippen LogP contribution in [-0.4, -0.2) is 24.5 Å². The third-order valence-corrected chi connectivity index (χ3v) is 3.35. The van der Waals surface area contributed by atoms with E-state index in [9.17, 15) is 18.0 Å². The van der Waals surface area contributed by atoms with Gasteiger partial charge in [0.1, 0.15) is 17.5 Å². The molecule has 2 aromatic rings. The highest BCUT2D eigenvalue weighted by atomic mass is 19.1. The topological polar surface area (TPSA) is 32.3 Å². The molecule has 0 aliphatic heterocycles. The molecule has 2 rings (SSSR count). The Labute approximate surface area is 132 Å². The van der Waals surface area contributed by atoms with Gasteiger partial charge in [0.25, 0.3) is 0 Å². The van der Waals surface area contributed by atoms with Crippen LogP contribution in [0.1, 0.15) is 11.1 Å². The zero-order valence-corrected chi connectivity index (χ0v) is 12.7. The lowest BCUT2D eigenvalue weighted by atomic mass is 10.1. The fourth-order valence-corrected chi connectivity index (χ4v) is 2.12. The van der Waals surface area contributed by atoms with Crippen LogP contribution in [0.2, 0.25) is 0 Å². The zero-order valence-electron chi connectivity index (χ0n) is 12.7. The van der Waals surface area contributed by atoms with Gasteiger partial charge < -0.3 is 10.2 Å². The molecule has 0 atom stereocenters. The van der Waals surface area contributed by atoms with Crippen LogP contribution >= 0.6 is 0 Å². The van der Waals surface area contributed by atoms with Crippen LogP contribution in [0.15, 0.2) is 42.5 Å². The molecule has 0 radical (unpaired) electrons. The summed E-state index contributed by atoms with van der Waals surface area (Å²) in [6, 6.07) is 8.99. The smallest absolute Gasteiger partial charge is 0.317 e. The molecule has 0 unspecified atom stereocenters. The summed E-state index contributed by atoms with van der Waals surface area (Å²) in [5, 5.41) is 2.67. The van der Waals surface area contributed by atoms with Gasteiger partial charge in [0.2, 0.25) is 0 Å². The van der Waals surface area contributed by atoms with Gasteiger partial charge in [-0.1, -0.05) is 18.2 Å². The Morgan fingerprint density at radius 1 is 1.09 bits per heavy atom. The number of hydrogen-bond acceptors (Lipinski definition) is 1. The first-order chi connectivity index (χ1) is 11.0. The lowest BCUT2D eigenvalue weighted by molar-refractivity contribution is 0.206. The molecule has 0 aliphatic carbocycles. The van der Waals surface area contributed by atoms with Crippen LogP contribution < -0.4 is 5.32 Å². The molecule has 122 valence electrons. The summed E-state index contributed by atoms with van der Waals surface area (Å²) < 4.78 is 39.4. The molecule has 6 heteroatoms. The zero-order chi connectivity index (χ0) is 16.8. The lowest BCUT2D eigenvalue weighted by Gasteiger charge is -2.18. The Hall–Kier alpha value is -2.50. The lowest BCUT2D eigenvalue weighted by Crippen LogP contribution is -2.38. The minimum atomic E-state index is -0.690. The van der Waals surface area contributed by atoms with Gasteiger partial charge >= 0.3 is 6.03 Å². The number of urea groups is 1. The van der Waals surface area contributed by atoms with E-state index in [1.165, 1.54) is 30.1 Å². The van der Waals surface area contributed by atoms with E-state index in [0.29, 0.717) is 13.0 Å². The van der Waals surface area contributed by atoms with Gasteiger partial charge in [-0.2, -0.15) is 0 Å². The average molecular weight is 322 g/mol. The molecule has 1 N–H and O–H groups in total. The van der Waals surface area contributed by atoms with Crippen LogP contribution in [-0.2, 0) is 13.0 Å². The van der Waals surface area contributed by atoms with E-state index in [0.717, 1.165) is 17.7 Å². The van der Waals surface area contributed by atoms with Crippen LogP contribution in [0.4, 0.5) is 18.0 Å². The molecule has 23 heavy (non-hydrogen) atoms. The van der Waals surface area contributed by atoms with Gasteiger partial charge in [-0.15, -0.1) is 0 Å². The van der Waals surface area contributed by atoms with Crippen molar-refractivity contribution in [1.82, 2.24) is 10.2 Å². The quantitative estimate of drug-likeness (QED) is 0.898. The molecule has 0 saturated heterocycles. The van der Waals surface area contributed by atoms with Crippen molar-refractivity contribution in [3.63, 3.8) is 0 Å². The van der Waals surface area contributed by atoms with E-state index in [1.807, 2.05) is 0 Å². The van der Waals surface area contributed by atoms with Crippen molar-refractivity contribution in [2.75, 3.05) is 13.6 Å². The summed E-state index contributed by atoms with van der Waals surface area (Å²) in [4.78, 5) is 13.2. The number of nitrogens with one attached hydrogen (secondary N) is 1. The van der Waals surface area contributed by atoms with Crippen LogP contribution in [0.5, 0.6) is 0 Å². The highest BCUT2D eigenvalue weighted by molar-refractivity contribution is 5.73. The molecule has 0 saturated carbocycles. The van der Waals surface area contributed by atoms with Gasteiger partial charge in [-0.3, -0.25) is 0 Å². The fourth-order valence-electron chi connectivity index (χ4n) is 2.12. The molecule has 2 amide bonds. The number of carbonyl (C=O) groups excluding carboxylic acids is 1. The van der Waals surface area contributed by atoms with Crippen LogP contribution in [0.3, 0.4) is 0 Å².